The van der Waals surface area contributed by atoms with E-state index in [1.807, 2.05) is 25.1 Å². The number of unbranched alkanes of at least 4 members (excludes halogenated alkanes) is 3. The molecule has 188 valence electrons. The second kappa shape index (κ2) is 13.9. The molecule has 0 saturated heterocycles. The molecule has 0 radical (unpaired) electrons. The molecular formula is C28H35NO6. The Balaban J connectivity index is 2.11. The molecule has 0 saturated carbocycles. The van der Waals surface area contributed by atoms with Gasteiger partial charge in [0.15, 0.2) is 5.78 Å². The quantitative estimate of drug-likeness (QED) is 0.173. The Morgan fingerprint density at radius 3 is 2.63 bits per heavy atom. The first-order valence-corrected chi connectivity index (χ1v) is 12.1. The molecule has 35 heavy (non-hydrogen) atoms. The summed E-state index contributed by atoms with van der Waals surface area (Å²) < 4.78 is 5.35. The molecule has 7 nitrogen and oxygen atoms in total. The van der Waals surface area contributed by atoms with Crippen LogP contribution in [-0.4, -0.2) is 22.1 Å². The fourth-order valence-electron chi connectivity index (χ4n) is 3.76. The number of aromatic hydroxyl groups is 1. The van der Waals surface area contributed by atoms with Gasteiger partial charge in [0.2, 0.25) is 0 Å². The molecule has 3 N–H and O–H groups in total. The van der Waals surface area contributed by atoms with Gasteiger partial charge < -0.3 is 14.6 Å². The van der Waals surface area contributed by atoms with Crippen LogP contribution in [0.25, 0.3) is 6.08 Å². The number of Topliss-reactive ketones (excluding diaryl/α,β-unsaturated/α-hetero) is 1. The molecule has 0 fully saturated rings. The summed E-state index contributed by atoms with van der Waals surface area (Å²) in [4.78, 5) is 36.0. The zero-order valence-corrected chi connectivity index (χ0v) is 20.7. The van der Waals surface area contributed by atoms with E-state index in [4.69, 9.17) is 9.52 Å². The van der Waals surface area contributed by atoms with Crippen LogP contribution in [0.2, 0.25) is 0 Å². The first kappa shape index (κ1) is 27.6. The molecule has 0 aliphatic carbocycles. The second-order valence-corrected chi connectivity index (χ2v) is 8.74. The zero-order chi connectivity index (χ0) is 25.8. The third kappa shape index (κ3) is 8.92. The van der Waals surface area contributed by atoms with Gasteiger partial charge in [-0.1, -0.05) is 63.5 Å². The monoisotopic (exact) mass is 481 g/mol. The average Bonchev–Trinajstić information content (AvgIpc) is 2.81. The molecule has 0 bridgehead atoms. The first-order valence-electron chi connectivity index (χ1n) is 12.1. The van der Waals surface area contributed by atoms with Crippen LogP contribution < -0.4 is 10.9 Å². The van der Waals surface area contributed by atoms with Gasteiger partial charge in [-0.3, -0.25) is 10.1 Å². The van der Waals surface area contributed by atoms with Crippen molar-refractivity contribution in [3.05, 3.63) is 81.1 Å². The van der Waals surface area contributed by atoms with Gasteiger partial charge in [-0.25, -0.2) is 9.59 Å². The Bertz CT molecular complexity index is 1130. The maximum atomic E-state index is 12.9. The van der Waals surface area contributed by atoms with E-state index in [1.54, 1.807) is 19.1 Å². The van der Waals surface area contributed by atoms with E-state index in [0.29, 0.717) is 18.4 Å². The SMILES string of the molecule is CCCCCCc1cccc(/C=C(\C)C(=O)c2c(O)cc(C(C)CC/C=C/NC(=O)O)oc2=O)c1. The number of carboxylic acid groups (broad SMARTS) is 1. The summed E-state index contributed by atoms with van der Waals surface area (Å²) >= 11 is 0. The van der Waals surface area contributed by atoms with Crippen molar-refractivity contribution in [3.63, 3.8) is 0 Å². The van der Waals surface area contributed by atoms with Crippen molar-refractivity contribution in [2.75, 3.05) is 0 Å². The zero-order valence-electron chi connectivity index (χ0n) is 20.7. The third-order valence-electron chi connectivity index (χ3n) is 5.76. The number of aryl methyl sites for hydroxylation is 1. The van der Waals surface area contributed by atoms with Crippen LogP contribution in [0.15, 0.2) is 57.4 Å². The molecule has 2 rings (SSSR count). The van der Waals surface area contributed by atoms with Crippen molar-refractivity contribution in [3.8, 4) is 5.75 Å². The molecule has 1 heterocycles. The molecule has 1 aromatic heterocycles. The summed E-state index contributed by atoms with van der Waals surface area (Å²) in [6.45, 7) is 5.61. The predicted octanol–water partition coefficient (Wildman–Crippen LogP) is 6.42. The van der Waals surface area contributed by atoms with Crippen LogP contribution in [-0.2, 0) is 6.42 Å². The fourth-order valence-corrected chi connectivity index (χ4v) is 3.76. The molecule has 2 aromatic rings. The fraction of sp³-hybridized carbons (Fsp3) is 0.393. The highest BCUT2D eigenvalue weighted by Gasteiger charge is 2.22. The summed E-state index contributed by atoms with van der Waals surface area (Å²) in [5.41, 5.74) is 1.13. The predicted molar refractivity (Wildman–Crippen MR) is 137 cm³/mol. The van der Waals surface area contributed by atoms with Gasteiger partial charge >= 0.3 is 11.7 Å². The van der Waals surface area contributed by atoms with Crippen LogP contribution >= 0.6 is 0 Å². The van der Waals surface area contributed by atoms with Crippen molar-refractivity contribution in [1.82, 2.24) is 5.32 Å². The maximum Gasteiger partial charge on any atom is 0.408 e. The van der Waals surface area contributed by atoms with E-state index < -0.39 is 23.3 Å². The van der Waals surface area contributed by atoms with Gasteiger partial charge in [0.1, 0.15) is 17.1 Å². The summed E-state index contributed by atoms with van der Waals surface area (Å²) in [6.07, 6.45) is 10.3. The van der Waals surface area contributed by atoms with E-state index in [-0.39, 0.29) is 17.2 Å². The Morgan fingerprint density at radius 2 is 1.94 bits per heavy atom. The van der Waals surface area contributed by atoms with Crippen LogP contribution in [0, 0.1) is 0 Å². The van der Waals surface area contributed by atoms with Crippen molar-refractivity contribution >= 4 is 18.0 Å². The van der Waals surface area contributed by atoms with Gasteiger partial charge in [0.25, 0.3) is 0 Å². The number of rotatable bonds is 13. The minimum Gasteiger partial charge on any atom is -0.507 e. The minimum absolute atomic E-state index is 0.219. The number of hydrogen-bond acceptors (Lipinski definition) is 5. The van der Waals surface area contributed by atoms with Crippen molar-refractivity contribution in [1.29, 1.82) is 0 Å². The maximum absolute atomic E-state index is 12.9. The lowest BCUT2D eigenvalue weighted by Crippen LogP contribution is -2.16. The second-order valence-electron chi connectivity index (χ2n) is 8.74. The molecule has 0 aliphatic heterocycles. The summed E-state index contributed by atoms with van der Waals surface area (Å²) in [5, 5.41) is 21.1. The lowest BCUT2D eigenvalue weighted by Gasteiger charge is -2.11. The van der Waals surface area contributed by atoms with Gasteiger partial charge in [0.05, 0.1) is 0 Å². The molecular weight excluding hydrogens is 446 g/mol. The Morgan fingerprint density at radius 1 is 1.17 bits per heavy atom. The standard InChI is InChI=1S/C28H35NO6/c1-4-5-6-7-12-21-13-10-14-22(17-21)16-20(3)26(31)25-23(30)18-24(35-27(25)32)19(2)11-8-9-15-29-28(33)34/h9-10,13-19,29-30H,4-8,11-12H2,1-3H3,(H,33,34)/b15-9+,20-16+. The van der Waals surface area contributed by atoms with Crippen LogP contribution in [0.4, 0.5) is 4.79 Å². The summed E-state index contributed by atoms with van der Waals surface area (Å²) in [7, 11) is 0. The molecule has 0 aliphatic rings. The van der Waals surface area contributed by atoms with E-state index >= 15 is 0 Å². The Kier molecular flexibility index (Phi) is 11.0. The lowest BCUT2D eigenvalue weighted by molar-refractivity contribution is 0.102. The van der Waals surface area contributed by atoms with E-state index in [9.17, 15) is 19.5 Å². The topological polar surface area (TPSA) is 117 Å². The summed E-state index contributed by atoms with van der Waals surface area (Å²) in [5.74, 6) is -0.940. The number of carbonyl (C=O) groups excluding carboxylic acids is 1. The number of ketones is 1. The molecule has 1 amide bonds. The molecule has 7 heteroatoms. The van der Waals surface area contributed by atoms with Crippen molar-refractivity contribution in [2.24, 2.45) is 0 Å². The number of amides is 1. The summed E-state index contributed by atoms with van der Waals surface area (Å²) in [6, 6.07) is 9.27. The normalized spacial score (nSPS) is 12.6. The van der Waals surface area contributed by atoms with Crippen molar-refractivity contribution in [2.45, 2.75) is 71.6 Å². The average molecular weight is 482 g/mol. The number of carbonyl (C=O) groups is 2. The van der Waals surface area contributed by atoms with E-state index in [1.165, 1.54) is 37.1 Å². The van der Waals surface area contributed by atoms with Crippen molar-refractivity contribution < 1.29 is 24.2 Å². The first-order chi connectivity index (χ1) is 16.7. The van der Waals surface area contributed by atoms with Crippen LogP contribution in [0.1, 0.15) is 92.5 Å². The number of benzene rings is 1. The lowest BCUT2D eigenvalue weighted by atomic mass is 9.98. The Hall–Kier alpha value is -3.61. The number of allylic oxidation sites excluding steroid dienone is 2. The largest absolute Gasteiger partial charge is 0.507 e. The highest BCUT2D eigenvalue weighted by molar-refractivity contribution is 6.12. The number of hydrogen-bond donors (Lipinski definition) is 3. The van der Waals surface area contributed by atoms with Gasteiger partial charge in [0, 0.05) is 18.2 Å². The highest BCUT2D eigenvalue weighted by Crippen LogP contribution is 2.26. The van der Waals surface area contributed by atoms with Crippen LogP contribution in [0.3, 0.4) is 0 Å². The van der Waals surface area contributed by atoms with E-state index in [0.717, 1.165) is 18.4 Å². The number of nitrogens with one attached hydrogen (secondary N) is 1. The van der Waals surface area contributed by atoms with Gasteiger partial charge in [-0.2, -0.15) is 0 Å². The van der Waals surface area contributed by atoms with Crippen LogP contribution in [0.5, 0.6) is 5.75 Å². The molecule has 1 aromatic carbocycles. The molecule has 0 spiro atoms. The van der Waals surface area contributed by atoms with E-state index in [2.05, 4.69) is 18.3 Å². The highest BCUT2D eigenvalue weighted by atomic mass is 16.4. The van der Waals surface area contributed by atoms with Gasteiger partial charge in [-0.15, -0.1) is 0 Å². The minimum atomic E-state index is -1.15. The Labute approximate surface area is 206 Å². The smallest absolute Gasteiger partial charge is 0.408 e. The molecule has 1 atom stereocenters. The molecule has 1 unspecified atom stereocenters. The third-order valence-corrected chi connectivity index (χ3v) is 5.76. The van der Waals surface area contributed by atoms with Gasteiger partial charge in [-0.05, 0) is 55.4 Å².